The van der Waals surface area contributed by atoms with Crippen molar-refractivity contribution in [1.82, 2.24) is 5.32 Å². The maximum Gasteiger partial charge on any atom is 0.0543 e. The summed E-state index contributed by atoms with van der Waals surface area (Å²) in [6.07, 6.45) is 5.78. The standard InChI is InChI=1S/C17H27NOS/c1-3-16(20(19)15-12-8-9-13-15)17(18-4-2)14-10-6-5-7-11-14/h5-7,10-11,15-18H,3-4,8-9,12-13H2,1-2H3. The highest BCUT2D eigenvalue weighted by Gasteiger charge is 2.32. The van der Waals surface area contributed by atoms with Crippen molar-refractivity contribution >= 4 is 10.8 Å². The van der Waals surface area contributed by atoms with Gasteiger partial charge in [-0.3, -0.25) is 4.21 Å². The van der Waals surface area contributed by atoms with E-state index in [1.807, 2.05) is 6.07 Å². The summed E-state index contributed by atoms with van der Waals surface area (Å²) < 4.78 is 12.9. The highest BCUT2D eigenvalue weighted by atomic mass is 32.2. The molecule has 1 fully saturated rings. The maximum atomic E-state index is 12.9. The lowest BCUT2D eigenvalue weighted by atomic mass is 10.0. The van der Waals surface area contributed by atoms with Gasteiger partial charge < -0.3 is 5.32 Å². The fourth-order valence-electron chi connectivity index (χ4n) is 3.25. The third kappa shape index (κ3) is 3.70. The Balaban J connectivity index is 2.18. The fraction of sp³-hybridized carbons (Fsp3) is 0.647. The predicted octanol–water partition coefficient (Wildman–Crippen LogP) is 3.81. The highest BCUT2D eigenvalue weighted by Crippen LogP contribution is 2.31. The van der Waals surface area contributed by atoms with Crippen LogP contribution in [0.3, 0.4) is 0 Å². The zero-order valence-electron chi connectivity index (χ0n) is 12.7. The Morgan fingerprint density at radius 2 is 1.85 bits per heavy atom. The van der Waals surface area contributed by atoms with Crippen LogP contribution in [0.1, 0.15) is 57.6 Å². The Hall–Kier alpha value is -0.670. The normalized spacial score (nSPS) is 20.7. The number of benzene rings is 1. The maximum absolute atomic E-state index is 12.9. The molecule has 0 saturated heterocycles. The zero-order valence-corrected chi connectivity index (χ0v) is 13.5. The van der Waals surface area contributed by atoms with Gasteiger partial charge >= 0.3 is 0 Å². The molecule has 0 radical (unpaired) electrons. The van der Waals surface area contributed by atoms with Crippen LogP contribution in [0.5, 0.6) is 0 Å². The second-order valence-electron chi connectivity index (χ2n) is 5.63. The SMILES string of the molecule is CCNC(c1ccccc1)C(CC)S(=O)C1CCCC1. The Morgan fingerprint density at radius 1 is 1.20 bits per heavy atom. The fourth-order valence-corrected chi connectivity index (χ4v) is 5.39. The summed E-state index contributed by atoms with van der Waals surface area (Å²) in [5, 5.41) is 4.20. The van der Waals surface area contributed by atoms with E-state index in [1.165, 1.54) is 18.4 Å². The Morgan fingerprint density at radius 3 is 2.40 bits per heavy atom. The second kappa shape index (κ2) is 7.94. The van der Waals surface area contributed by atoms with E-state index >= 15 is 0 Å². The zero-order chi connectivity index (χ0) is 14.4. The van der Waals surface area contributed by atoms with Crippen molar-refractivity contribution < 1.29 is 4.21 Å². The monoisotopic (exact) mass is 293 g/mol. The van der Waals surface area contributed by atoms with Gasteiger partial charge in [-0.05, 0) is 31.4 Å². The first-order chi connectivity index (χ1) is 9.77. The summed E-state index contributed by atoms with van der Waals surface area (Å²) in [6, 6.07) is 10.7. The molecule has 3 heteroatoms. The molecule has 2 rings (SSSR count). The van der Waals surface area contributed by atoms with Crippen LogP contribution in [0.15, 0.2) is 30.3 Å². The first-order valence-corrected chi connectivity index (χ1v) is 9.23. The van der Waals surface area contributed by atoms with Crippen molar-refractivity contribution in [2.45, 2.75) is 62.5 Å². The molecule has 3 atom stereocenters. The largest absolute Gasteiger partial charge is 0.309 e. The highest BCUT2D eigenvalue weighted by molar-refractivity contribution is 7.86. The molecule has 1 aromatic carbocycles. The van der Waals surface area contributed by atoms with Gasteiger partial charge in [0, 0.05) is 22.1 Å². The molecule has 1 aliphatic rings. The van der Waals surface area contributed by atoms with Crippen molar-refractivity contribution in [3.8, 4) is 0 Å². The van der Waals surface area contributed by atoms with E-state index in [-0.39, 0.29) is 11.3 Å². The molecule has 112 valence electrons. The van der Waals surface area contributed by atoms with Crippen LogP contribution in [0.2, 0.25) is 0 Å². The molecule has 1 aromatic rings. The van der Waals surface area contributed by atoms with Gasteiger partial charge in [0.15, 0.2) is 0 Å². The Labute approximate surface area is 125 Å². The predicted molar refractivity (Wildman–Crippen MR) is 87.3 cm³/mol. The van der Waals surface area contributed by atoms with E-state index in [1.54, 1.807) is 0 Å². The average molecular weight is 293 g/mol. The van der Waals surface area contributed by atoms with Crippen LogP contribution in [0.4, 0.5) is 0 Å². The molecule has 0 aromatic heterocycles. The molecule has 3 unspecified atom stereocenters. The van der Waals surface area contributed by atoms with Gasteiger partial charge in [-0.1, -0.05) is 57.0 Å². The topological polar surface area (TPSA) is 29.1 Å². The average Bonchev–Trinajstić information content (AvgIpc) is 3.02. The van der Waals surface area contributed by atoms with Crippen molar-refractivity contribution in [2.75, 3.05) is 6.54 Å². The lowest BCUT2D eigenvalue weighted by molar-refractivity contribution is 0.506. The summed E-state index contributed by atoms with van der Waals surface area (Å²) in [6.45, 7) is 5.21. The summed E-state index contributed by atoms with van der Waals surface area (Å²) >= 11 is 0. The number of hydrogen-bond donors (Lipinski definition) is 1. The number of rotatable bonds is 7. The lowest BCUT2D eigenvalue weighted by Gasteiger charge is -2.29. The van der Waals surface area contributed by atoms with Gasteiger partial charge in [-0.15, -0.1) is 0 Å². The lowest BCUT2D eigenvalue weighted by Crippen LogP contribution is -2.37. The van der Waals surface area contributed by atoms with Crippen molar-refractivity contribution in [3.05, 3.63) is 35.9 Å². The van der Waals surface area contributed by atoms with Crippen molar-refractivity contribution in [1.29, 1.82) is 0 Å². The third-order valence-corrected chi connectivity index (χ3v) is 6.62. The summed E-state index contributed by atoms with van der Waals surface area (Å²) in [5.74, 6) is 0. The minimum atomic E-state index is -0.728. The molecular formula is C17H27NOS. The Kier molecular flexibility index (Phi) is 6.24. The van der Waals surface area contributed by atoms with Crippen LogP contribution in [0, 0.1) is 0 Å². The van der Waals surface area contributed by atoms with E-state index in [2.05, 4.69) is 43.4 Å². The molecule has 1 aliphatic carbocycles. The quantitative estimate of drug-likeness (QED) is 0.828. The molecule has 1 saturated carbocycles. The molecule has 0 heterocycles. The summed E-state index contributed by atoms with van der Waals surface area (Å²) in [4.78, 5) is 0. The van der Waals surface area contributed by atoms with E-state index in [0.717, 1.165) is 25.8 Å². The van der Waals surface area contributed by atoms with Crippen LogP contribution in [0.25, 0.3) is 0 Å². The van der Waals surface area contributed by atoms with Gasteiger partial charge in [0.1, 0.15) is 0 Å². The molecule has 0 aliphatic heterocycles. The molecule has 0 bridgehead atoms. The van der Waals surface area contributed by atoms with Gasteiger partial charge in [0.2, 0.25) is 0 Å². The molecule has 20 heavy (non-hydrogen) atoms. The van der Waals surface area contributed by atoms with Gasteiger partial charge in [-0.2, -0.15) is 0 Å². The molecule has 1 N–H and O–H groups in total. The van der Waals surface area contributed by atoms with Crippen LogP contribution in [-0.2, 0) is 10.8 Å². The third-order valence-electron chi connectivity index (χ3n) is 4.29. The van der Waals surface area contributed by atoms with Crippen LogP contribution in [-0.4, -0.2) is 21.3 Å². The van der Waals surface area contributed by atoms with Crippen LogP contribution < -0.4 is 5.32 Å². The van der Waals surface area contributed by atoms with Crippen molar-refractivity contribution in [3.63, 3.8) is 0 Å². The summed E-state index contributed by atoms with van der Waals surface area (Å²) in [7, 11) is -0.728. The minimum absolute atomic E-state index is 0.215. The van der Waals surface area contributed by atoms with Crippen LogP contribution >= 0.6 is 0 Å². The van der Waals surface area contributed by atoms with E-state index in [9.17, 15) is 4.21 Å². The number of nitrogens with one attached hydrogen (secondary N) is 1. The Bertz CT molecular complexity index is 414. The number of hydrogen-bond acceptors (Lipinski definition) is 2. The second-order valence-corrected chi connectivity index (χ2v) is 7.56. The minimum Gasteiger partial charge on any atom is -0.309 e. The van der Waals surface area contributed by atoms with Gasteiger partial charge in [0.25, 0.3) is 0 Å². The molecule has 0 amide bonds. The molecule has 2 nitrogen and oxygen atoms in total. The smallest absolute Gasteiger partial charge is 0.0543 e. The first-order valence-electron chi connectivity index (χ1n) is 7.95. The molecule has 0 spiro atoms. The van der Waals surface area contributed by atoms with E-state index < -0.39 is 10.8 Å². The molecular weight excluding hydrogens is 266 g/mol. The van der Waals surface area contributed by atoms with E-state index in [4.69, 9.17) is 0 Å². The van der Waals surface area contributed by atoms with Gasteiger partial charge in [-0.25, -0.2) is 0 Å². The van der Waals surface area contributed by atoms with E-state index in [0.29, 0.717) is 5.25 Å². The summed E-state index contributed by atoms with van der Waals surface area (Å²) in [5.41, 5.74) is 1.27. The van der Waals surface area contributed by atoms with Crippen molar-refractivity contribution in [2.24, 2.45) is 0 Å². The first kappa shape index (κ1) is 15.7. The van der Waals surface area contributed by atoms with Gasteiger partial charge in [0.05, 0.1) is 5.25 Å².